The van der Waals surface area contributed by atoms with Crippen LogP contribution in [0.3, 0.4) is 0 Å². The fraction of sp³-hybridized carbons (Fsp3) is 0. The SMILES string of the molecule is c1ccc(-c2ccc(-c3ccc(N(c4ccc(-c5ccc(-c6cc(-c7ccc8ccccc8c7)nc(-c7ccccc7)n6)cc5)cc4)c4cccc5ccccc45)cc3)cc2)cc1. The summed E-state index contributed by atoms with van der Waals surface area (Å²) in [6, 6.07) is 88.4. The molecule has 0 fully saturated rings. The van der Waals surface area contributed by atoms with Crippen LogP contribution >= 0.6 is 0 Å². The zero-order valence-electron chi connectivity index (χ0n) is 34.5. The molecule has 1 aromatic heterocycles. The number of benzene rings is 10. The largest absolute Gasteiger partial charge is 0.310 e. The van der Waals surface area contributed by atoms with Crippen LogP contribution in [0.1, 0.15) is 0 Å². The average Bonchev–Trinajstić information content (AvgIpc) is 3.37. The lowest BCUT2D eigenvalue weighted by Crippen LogP contribution is -2.10. The van der Waals surface area contributed by atoms with Crippen LogP contribution in [0, 0.1) is 0 Å². The molecule has 10 aromatic carbocycles. The number of hydrogen-bond donors (Lipinski definition) is 0. The van der Waals surface area contributed by atoms with Gasteiger partial charge in [0.05, 0.1) is 17.1 Å². The molecule has 11 rings (SSSR count). The minimum absolute atomic E-state index is 0.707. The maximum Gasteiger partial charge on any atom is 0.160 e. The molecule has 0 N–H and O–H groups in total. The van der Waals surface area contributed by atoms with Crippen LogP contribution in [-0.2, 0) is 0 Å². The van der Waals surface area contributed by atoms with E-state index in [-0.39, 0.29) is 0 Å². The molecule has 0 unspecified atom stereocenters. The molecule has 0 radical (unpaired) electrons. The topological polar surface area (TPSA) is 29.0 Å². The molecule has 3 heteroatoms. The van der Waals surface area contributed by atoms with Gasteiger partial charge in [-0.25, -0.2) is 9.97 Å². The molecule has 63 heavy (non-hydrogen) atoms. The molecular formula is C60H41N3. The fourth-order valence-corrected chi connectivity index (χ4v) is 8.56. The van der Waals surface area contributed by atoms with Gasteiger partial charge >= 0.3 is 0 Å². The van der Waals surface area contributed by atoms with Gasteiger partial charge in [-0.05, 0) is 92.0 Å². The number of fused-ring (bicyclic) bond motifs is 2. The van der Waals surface area contributed by atoms with E-state index in [0.717, 1.165) is 56.3 Å². The first-order chi connectivity index (χ1) is 31.2. The third-order valence-corrected chi connectivity index (χ3v) is 11.9. The summed E-state index contributed by atoms with van der Waals surface area (Å²) in [6.07, 6.45) is 0. The predicted molar refractivity (Wildman–Crippen MR) is 264 cm³/mol. The van der Waals surface area contributed by atoms with Gasteiger partial charge in [-0.15, -0.1) is 0 Å². The van der Waals surface area contributed by atoms with E-state index in [1.807, 2.05) is 18.2 Å². The first-order valence-electron chi connectivity index (χ1n) is 21.4. The number of anilines is 3. The standard InChI is InChI=1S/C60H41N3/c1-3-12-42(13-4-1)44-22-24-45(25-23-44)47-32-36-54(37-33-47)63(59-21-11-19-49-15-9-10-20-56(49)59)55-38-34-48(35-39-55)46-26-29-50(30-27-46)57-41-58(62-60(61-57)51-16-5-2-6-17-51)53-31-28-43-14-7-8-18-52(43)40-53/h1-41H. The average molecular weight is 804 g/mol. The first kappa shape index (κ1) is 37.6. The highest BCUT2D eigenvalue weighted by molar-refractivity contribution is 5.99. The van der Waals surface area contributed by atoms with Gasteiger partial charge in [0, 0.05) is 33.5 Å². The molecule has 1 heterocycles. The molecule has 0 spiro atoms. The van der Waals surface area contributed by atoms with Gasteiger partial charge < -0.3 is 4.90 Å². The Kier molecular flexibility index (Phi) is 9.89. The Labute approximate surface area is 367 Å². The van der Waals surface area contributed by atoms with Crippen molar-refractivity contribution >= 4 is 38.6 Å². The summed E-state index contributed by atoms with van der Waals surface area (Å²) in [5.74, 6) is 0.707. The van der Waals surface area contributed by atoms with Crippen LogP contribution in [0.4, 0.5) is 17.1 Å². The fourth-order valence-electron chi connectivity index (χ4n) is 8.56. The molecule has 296 valence electrons. The van der Waals surface area contributed by atoms with Gasteiger partial charge in [-0.3, -0.25) is 0 Å². The van der Waals surface area contributed by atoms with E-state index in [1.165, 1.54) is 43.8 Å². The van der Waals surface area contributed by atoms with Gasteiger partial charge in [-0.1, -0.05) is 206 Å². The molecule has 3 nitrogen and oxygen atoms in total. The summed E-state index contributed by atoms with van der Waals surface area (Å²) in [7, 11) is 0. The summed E-state index contributed by atoms with van der Waals surface area (Å²) in [6.45, 7) is 0. The molecule has 0 aliphatic heterocycles. The van der Waals surface area contributed by atoms with Crippen molar-refractivity contribution in [1.29, 1.82) is 0 Å². The molecule has 0 bridgehead atoms. The lowest BCUT2D eigenvalue weighted by atomic mass is 9.99. The number of nitrogens with zero attached hydrogens (tertiary/aromatic N) is 3. The minimum atomic E-state index is 0.707. The number of rotatable bonds is 9. The van der Waals surface area contributed by atoms with Crippen LogP contribution < -0.4 is 4.90 Å². The smallest absolute Gasteiger partial charge is 0.160 e. The lowest BCUT2D eigenvalue weighted by Gasteiger charge is -2.27. The van der Waals surface area contributed by atoms with Crippen LogP contribution in [0.15, 0.2) is 249 Å². The molecule has 0 amide bonds. The minimum Gasteiger partial charge on any atom is -0.310 e. The van der Waals surface area contributed by atoms with Crippen molar-refractivity contribution in [1.82, 2.24) is 9.97 Å². The zero-order valence-corrected chi connectivity index (χ0v) is 34.5. The maximum absolute atomic E-state index is 5.10. The van der Waals surface area contributed by atoms with Gasteiger partial charge in [0.25, 0.3) is 0 Å². The Balaban J connectivity index is 0.911. The molecule has 0 aliphatic rings. The highest BCUT2D eigenvalue weighted by Gasteiger charge is 2.17. The second-order valence-electron chi connectivity index (χ2n) is 15.8. The third-order valence-electron chi connectivity index (χ3n) is 11.9. The summed E-state index contributed by atoms with van der Waals surface area (Å²) in [5, 5.41) is 4.80. The van der Waals surface area contributed by atoms with E-state index in [9.17, 15) is 0 Å². The second-order valence-corrected chi connectivity index (χ2v) is 15.8. The lowest BCUT2D eigenvalue weighted by molar-refractivity contribution is 1.18. The van der Waals surface area contributed by atoms with Gasteiger partial charge in [0.2, 0.25) is 0 Å². The highest BCUT2D eigenvalue weighted by atomic mass is 15.1. The molecule has 0 aliphatic carbocycles. The predicted octanol–water partition coefficient (Wildman–Crippen LogP) is 16.3. The molecular weight excluding hydrogens is 763 g/mol. The van der Waals surface area contributed by atoms with E-state index < -0.39 is 0 Å². The Morgan fingerprint density at radius 3 is 1.25 bits per heavy atom. The van der Waals surface area contributed by atoms with E-state index in [4.69, 9.17) is 9.97 Å². The number of hydrogen-bond acceptors (Lipinski definition) is 3. The monoisotopic (exact) mass is 803 g/mol. The third kappa shape index (κ3) is 7.65. The van der Waals surface area contributed by atoms with Gasteiger partial charge in [0.1, 0.15) is 0 Å². The van der Waals surface area contributed by atoms with Crippen LogP contribution in [0.5, 0.6) is 0 Å². The van der Waals surface area contributed by atoms with Crippen molar-refractivity contribution in [3.05, 3.63) is 249 Å². The maximum atomic E-state index is 5.10. The van der Waals surface area contributed by atoms with Crippen LogP contribution in [-0.4, -0.2) is 9.97 Å². The van der Waals surface area contributed by atoms with Crippen LogP contribution in [0.2, 0.25) is 0 Å². The van der Waals surface area contributed by atoms with E-state index >= 15 is 0 Å². The number of aromatic nitrogens is 2. The molecule has 0 atom stereocenters. The summed E-state index contributed by atoms with van der Waals surface area (Å²) >= 11 is 0. The zero-order chi connectivity index (χ0) is 42.0. The highest BCUT2D eigenvalue weighted by Crippen LogP contribution is 2.41. The molecule has 0 saturated heterocycles. The van der Waals surface area contributed by atoms with E-state index in [2.05, 4.69) is 235 Å². The first-order valence-corrected chi connectivity index (χ1v) is 21.4. The summed E-state index contributed by atoms with van der Waals surface area (Å²) in [5.41, 5.74) is 15.3. The van der Waals surface area contributed by atoms with Crippen molar-refractivity contribution < 1.29 is 0 Å². The summed E-state index contributed by atoms with van der Waals surface area (Å²) < 4.78 is 0. The quantitative estimate of drug-likeness (QED) is 0.146. The Hall–Kier alpha value is -8.40. The van der Waals surface area contributed by atoms with Crippen molar-refractivity contribution in [3.8, 4) is 67.3 Å². The van der Waals surface area contributed by atoms with Gasteiger partial charge in [0.15, 0.2) is 5.82 Å². The van der Waals surface area contributed by atoms with Crippen molar-refractivity contribution in [2.24, 2.45) is 0 Å². The molecule has 11 aromatic rings. The molecule has 0 saturated carbocycles. The Morgan fingerprint density at radius 2 is 0.667 bits per heavy atom. The van der Waals surface area contributed by atoms with Crippen molar-refractivity contribution in [3.63, 3.8) is 0 Å². The second kappa shape index (κ2) is 16.6. The Bertz CT molecular complexity index is 3340. The van der Waals surface area contributed by atoms with Crippen molar-refractivity contribution in [2.75, 3.05) is 4.90 Å². The van der Waals surface area contributed by atoms with Gasteiger partial charge in [-0.2, -0.15) is 0 Å². The van der Waals surface area contributed by atoms with E-state index in [1.54, 1.807) is 0 Å². The summed E-state index contributed by atoms with van der Waals surface area (Å²) in [4.78, 5) is 12.5. The van der Waals surface area contributed by atoms with E-state index in [0.29, 0.717) is 5.82 Å². The van der Waals surface area contributed by atoms with Crippen molar-refractivity contribution in [2.45, 2.75) is 0 Å². The Morgan fingerprint density at radius 1 is 0.254 bits per heavy atom. The normalized spacial score (nSPS) is 11.2. The van der Waals surface area contributed by atoms with Crippen LogP contribution in [0.25, 0.3) is 88.8 Å².